The van der Waals surface area contributed by atoms with Crippen molar-refractivity contribution in [1.82, 2.24) is 14.0 Å². The average molecular weight is 227 g/mol. The van der Waals surface area contributed by atoms with Crippen molar-refractivity contribution in [3.8, 4) is 0 Å². The third-order valence-electron chi connectivity index (χ3n) is 3.23. The molecule has 0 atom stereocenters. The molecule has 2 N–H and O–H groups in total. The first-order valence-electron chi connectivity index (χ1n) is 5.34. The number of benzene rings is 1. The van der Waals surface area contributed by atoms with Crippen molar-refractivity contribution < 1.29 is 10.2 Å². The van der Waals surface area contributed by atoms with E-state index in [4.69, 9.17) is 0 Å². The molecule has 0 unspecified atom stereocenters. The standard InChI is InChI=1S/C12H9N3O2/c16-9-6-7-2-1-3-8-10(7)15(11(9)17)12-13-4-5-14(8)12/h1-5,16-17H,6H2. The quantitative estimate of drug-likeness (QED) is 0.618. The smallest absolute Gasteiger partial charge is 0.237 e. The molecule has 1 aromatic carbocycles. The summed E-state index contributed by atoms with van der Waals surface area (Å²) in [5.41, 5.74) is 2.88. The second-order valence-electron chi connectivity index (χ2n) is 4.16. The van der Waals surface area contributed by atoms with E-state index < -0.39 is 0 Å². The third kappa shape index (κ3) is 0.875. The van der Waals surface area contributed by atoms with E-state index in [0.29, 0.717) is 12.2 Å². The van der Waals surface area contributed by atoms with Crippen LogP contribution in [0.15, 0.2) is 36.4 Å². The fraction of sp³-hybridized carbons (Fsp3) is 0.0833. The highest BCUT2D eigenvalue weighted by molar-refractivity contribution is 5.89. The van der Waals surface area contributed by atoms with E-state index in [1.807, 2.05) is 28.8 Å². The van der Waals surface area contributed by atoms with Gasteiger partial charge in [0.05, 0.1) is 11.0 Å². The highest BCUT2D eigenvalue weighted by Gasteiger charge is 2.24. The SMILES string of the molecule is OC1=C(O)n2c3c(cccc3n3ccnc23)C1. The Bertz CT molecular complexity index is 795. The summed E-state index contributed by atoms with van der Waals surface area (Å²) >= 11 is 0. The van der Waals surface area contributed by atoms with E-state index in [-0.39, 0.29) is 11.6 Å². The van der Waals surface area contributed by atoms with Crippen LogP contribution in [0.25, 0.3) is 22.7 Å². The first kappa shape index (κ1) is 8.69. The van der Waals surface area contributed by atoms with Crippen LogP contribution in [-0.2, 0) is 6.42 Å². The molecule has 0 aliphatic carbocycles. The van der Waals surface area contributed by atoms with Crippen LogP contribution in [0.5, 0.6) is 0 Å². The molecule has 84 valence electrons. The van der Waals surface area contributed by atoms with E-state index in [0.717, 1.165) is 16.6 Å². The van der Waals surface area contributed by atoms with Crippen LogP contribution in [0.2, 0.25) is 0 Å². The summed E-state index contributed by atoms with van der Waals surface area (Å²) in [6.07, 6.45) is 3.87. The maximum absolute atomic E-state index is 9.98. The minimum atomic E-state index is -0.130. The zero-order chi connectivity index (χ0) is 11.6. The van der Waals surface area contributed by atoms with Gasteiger partial charge in [-0.15, -0.1) is 0 Å². The Hall–Kier alpha value is -2.43. The first-order valence-corrected chi connectivity index (χ1v) is 5.34. The number of rotatable bonds is 0. The van der Waals surface area contributed by atoms with E-state index >= 15 is 0 Å². The van der Waals surface area contributed by atoms with Crippen LogP contribution in [0, 0.1) is 0 Å². The van der Waals surface area contributed by atoms with Gasteiger partial charge >= 0.3 is 0 Å². The van der Waals surface area contributed by atoms with Crippen LogP contribution in [0.4, 0.5) is 0 Å². The van der Waals surface area contributed by atoms with Gasteiger partial charge in [-0.2, -0.15) is 0 Å². The first-order chi connectivity index (χ1) is 8.27. The maximum atomic E-state index is 9.98. The molecule has 3 aromatic rings. The van der Waals surface area contributed by atoms with Crippen molar-refractivity contribution in [2.24, 2.45) is 0 Å². The lowest BCUT2D eigenvalue weighted by molar-refractivity contribution is 0.353. The summed E-state index contributed by atoms with van der Waals surface area (Å²) in [7, 11) is 0. The summed E-state index contributed by atoms with van der Waals surface area (Å²) in [4.78, 5) is 4.21. The Morgan fingerprint density at radius 1 is 1.24 bits per heavy atom. The minimum Gasteiger partial charge on any atom is -0.507 e. The number of fused-ring (bicyclic) bond motifs is 3. The number of hydrogen-bond acceptors (Lipinski definition) is 3. The molecule has 0 radical (unpaired) electrons. The molecule has 1 aliphatic rings. The Morgan fingerprint density at radius 3 is 3.00 bits per heavy atom. The van der Waals surface area contributed by atoms with Crippen molar-refractivity contribution >= 4 is 22.7 Å². The Balaban J connectivity index is 2.36. The van der Waals surface area contributed by atoms with Gasteiger partial charge in [-0.1, -0.05) is 12.1 Å². The predicted molar refractivity (Wildman–Crippen MR) is 62.9 cm³/mol. The van der Waals surface area contributed by atoms with Gasteiger partial charge in [-0.05, 0) is 11.6 Å². The largest absolute Gasteiger partial charge is 0.507 e. The lowest BCUT2D eigenvalue weighted by atomic mass is 10.1. The topological polar surface area (TPSA) is 62.7 Å². The van der Waals surface area contributed by atoms with Crippen molar-refractivity contribution in [3.05, 3.63) is 41.9 Å². The number of aliphatic hydroxyl groups is 2. The second kappa shape index (κ2) is 2.63. The van der Waals surface area contributed by atoms with Crippen LogP contribution in [0.1, 0.15) is 5.56 Å². The molecule has 0 fully saturated rings. The van der Waals surface area contributed by atoms with Gasteiger partial charge in [0.2, 0.25) is 11.7 Å². The van der Waals surface area contributed by atoms with Crippen LogP contribution < -0.4 is 0 Å². The number of aromatic nitrogens is 3. The number of nitrogens with zero attached hydrogens (tertiary/aromatic N) is 3. The summed E-state index contributed by atoms with van der Waals surface area (Å²) < 4.78 is 3.48. The van der Waals surface area contributed by atoms with Gasteiger partial charge < -0.3 is 10.2 Å². The Labute approximate surface area is 95.9 Å². The molecule has 4 rings (SSSR count). The molecule has 0 amide bonds. The molecule has 0 saturated carbocycles. The molecule has 0 spiro atoms. The van der Waals surface area contributed by atoms with Crippen molar-refractivity contribution in [3.63, 3.8) is 0 Å². The number of imidazole rings is 2. The molecule has 1 aliphatic heterocycles. The van der Waals surface area contributed by atoms with E-state index in [1.165, 1.54) is 0 Å². The zero-order valence-corrected chi connectivity index (χ0v) is 8.83. The lowest BCUT2D eigenvalue weighted by Crippen LogP contribution is -2.09. The molecular weight excluding hydrogens is 218 g/mol. The number of para-hydroxylation sites is 1. The summed E-state index contributed by atoms with van der Waals surface area (Å²) in [5.74, 6) is 0.456. The highest BCUT2D eigenvalue weighted by Crippen LogP contribution is 2.32. The van der Waals surface area contributed by atoms with Crippen LogP contribution in [-0.4, -0.2) is 24.2 Å². The molecule has 3 heterocycles. The third-order valence-corrected chi connectivity index (χ3v) is 3.23. The van der Waals surface area contributed by atoms with Crippen molar-refractivity contribution in [2.45, 2.75) is 6.42 Å². The molecule has 2 aromatic heterocycles. The Morgan fingerprint density at radius 2 is 2.12 bits per heavy atom. The predicted octanol–water partition coefficient (Wildman–Crippen LogP) is 2.09. The summed E-state index contributed by atoms with van der Waals surface area (Å²) in [5, 5.41) is 19.7. The van der Waals surface area contributed by atoms with Crippen molar-refractivity contribution in [1.29, 1.82) is 0 Å². The van der Waals surface area contributed by atoms with Gasteiger partial charge in [-0.25, -0.2) is 9.55 Å². The van der Waals surface area contributed by atoms with E-state index in [2.05, 4.69) is 4.98 Å². The van der Waals surface area contributed by atoms with Crippen LogP contribution >= 0.6 is 0 Å². The van der Waals surface area contributed by atoms with Gasteiger partial charge in [0.15, 0.2) is 5.76 Å². The number of allylic oxidation sites excluding steroid dienone is 1. The highest BCUT2D eigenvalue weighted by atomic mass is 16.3. The molecule has 0 bridgehead atoms. The van der Waals surface area contributed by atoms with E-state index in [9.17, 15) is 10.2 Å². The fourth-order valence-corrected chi connectivity index (χ4v) is 2.51. The number of aliphatic hydroxyl groups excluding tert-OH is 2. The van der Waals surface area contributed by atoms with Crippen LogP contribution in [0.3, 0.4) is 0 Å². The monoisotopic (exact) mass is 227 g/mol. The number of hydrogen-bond donors (Lipinski definition) is 2. The second-order valence-corrected chi connectivity index (χ2v) is 4.16. The van der Waals surface area contributed by atoms with Gasteiger partial charge in [0.25, 0.3) is 0 Å². The van der Waals surface area contributed by atoms with E-state index in [1.54, 1.807) is 10.8 Å². The fourth-order valence-electron chi connectivity index (χ4n) is 2.51. The minimum absolute atomic E-state index is 0.0221. The van der Waals surface area contributed by atoms with Gasteiger partial charge in [0, 0.05) is 18.8 Å². The molecule has 5 heteroatoms. The average Bonchev–Trinajstić information content (AvgIpc) is 2.88. The summed E-state index contributed by atoms with van der Waals surface area (Å²) in [6, 6.07) is 5.86. The van der Waals surface area contributed by atoms with Crippen molar-refractivity contribution in [2.75, 3.05) is 0 Å². The summed E-state index contributed by atoms with van der Waals surface area (Å²) in [6.45, 7) is 0. The molecule has 5 nitrogen and oxygen atoms in total. The normalized spacial score (nSPS) is 15.1. The zero-order valence-electron chi connectivity index (χ0n) is 8.83. The molecular formula is C12H9N3O2. The Kier molecular flexibility index (Phi) is 1.34. The maximum Gasteiger partial charge on any atom is 0.237 e. The molecule has 17 heavy (non-hydrogen) atoms. The van der Waals surface area contributed by atoms with Gasteiger partial charge in [-0.3, -0.25) is 4.40 Å². The molecule has 0 saturated heterocycles. The van der Waals surface area contributed by atoms with Gasteiger partial charge in [0.1, 0.15) is 0 Å². The lowest BCUT2D eigenvalue weighted by Gasteiger charge is -2.14.